The van der Waals surface area contributed by atoms with Crippen LogP contribution in [0.5, 0.6) is 0 Å². The van der Waals surface area contributed by atoms with Gasteiger partial charge in [0.05, 0.1) is 6.10 Å². The number of carbonyl (C=O) groups is 2. The summed E-state index contributed by atoms with van der Waals surface area (Å²) in [6.07, 6.45) is 3.23. The number of ketones is 1. The molecule has 2 N–H and O–H groups in total. The lowest BCUT2D eigenvalue weighted by molar-refractivity contribution is -0.122. The molecule has 1 fully saturated rings. The molecular weight excluding hydrogens is 290 g/mol. The highest BCUT2D eigenvalue weighted by atomic mass is 35.5. The van der Waals surface area contributed by atoms with E-state index in [9.17, 15) is 14.7 Å². The van der Waals surface area contributed by atoms with Crippen molar-refractivity contribution in [3.63, 3.8) is 0 Å². The van der Waals surface area contributed by atoms with Crippen molar-refractivity contribution in [1.29, 1.82) is 0 Å². The molecule has 0 radical (unpaired) electrons. The maximum absolute atomic E-state index is 11.9. The Morgan fingerprint density at radius 2 is 1.71 bits per heavy atom. The van der Waals surface area contributed by atoms with Crippen LogP contribution in [0.4, 0.5) is 0 Å². The predicted molar refractivity (Wildman–Crippen MR) is 81.4 cm³/mol. The summed E-state index contributed by atoms with van der Waals surface area (Å²) >= 11 is 5.77. The van der Waals surface area contributed by atoms with Gasteiger partial charge in [0.2, 0.25) is 5.91 Å². The molecule has 2 rings (SSSR count). The first-order valence-electron chi connectivity index (χ1n) is 7.31. The minimum Gasteiger partial charge on any atom is -0.393 e. The monoisotopic (exact) mass is 309 g/mol. The van der Waals surface area contributed by atoms with Crippen LogP contribution in [0.3, 0.4) is 0 Å². The third-order valence-corrected chi connectivity index (χ3v) is 4.06. The van der Waals surface area contributed by atoms with Gasteiger partial charge in [-0.2, -0.15) is 0 Å². The second-order valence-electron chi connectivity index (χ2n) is 5.50. The zero-order chi connectivity index (χ0) is 15.2. The molecule has 0 saturated heterocycles. The number of benzene rings is 1. The van der Waals surface area contributed by atoms with E-state index in [2.05, 4.69) is 5.32 Å². The fraction of sp³-hybridized carbons (Fsp3) is 0.500. The average Bonchev–Trinajstić information content (AvgIpc) is 2.48. The van der Waals surface area contributed by atoms with Crippen molar-refractivity contribution in [3.8, 4) is 0 Å². The van der Waals surface area contributed by atoms with Crippen LogP contribution in [0.2, 0.25) is 5.02 Å². The number of rotatable bonds is 5. The largest absolute Gasteiger partial charge is 0.393 e. The first-order valence-corrected chi connectivity index (χ1v) is 7.68. The Bertz CT molecular complexity index is 493. The molecule has 0 aromatic heterocycles. The first-order chi connectivity index (χ1) is 10.0. The molecule has 114 valence electrons. The van der Waals surface area contributed by atoms with Crippen molar-refractivity contribution in [2.75, 3.05) is 0 Å². The molecule has 1 saturated carbocycles. The quantitative estimate of drug-likeness (QED) is 0.822. The lowest BCUT2D eigenvalue weighted by Gasteiger charge is -2.26. The van der Waals surface area contributed by atoms with Crippen LogP contribution < -0.4 is 5.32 Å². The number of halogens is 1. The second-order valence-corrected chi connectivity index (χ2v) is 5.94. The van der Waals surface area contributed by atoms with E-state index in [1.807, 2.05) is 0 Å². The third kappa shape index (κ3) is 5.14. The highest BCUT2D eigenvalue weighted by Crippen LogP contribution is 2.18. The molecule has 1 aliphatic rings. The fourth-order valence-corrected chi connectivity index (χ4v) is 2.65. The number of Topliss-reactive ketones (excluding diaryl/α,β-unsaturated/α-hetero) is 1. The van der Waals surface area contributed by atoms with Gasteiger partial charge in [0.25, 0.3) is 0 Å². The van der Waals surface area contributed by atoms with Gasteiger partial charge >= 0.3 is 0 Å². The average molecular weight is 310 g/mol. The Kier molecular flexibility index (Phi) is 5.76. The molecule has 5 heteroatoms. The summed E-state index contributed by atoms with van der Waals surface area (Å²) in [6, 6.07) is 6.81. The Balaban J connectivity index is 1.73. The summed E-state index contributed by atoms with van der Waals surface area (Å²) < 4.78 is 0. The normalized spacial score (nSPS) is 21.8. The molecule has 0 aliphatic heterocycles. The molecule has 0 spiro atoms. The summed E-state index contributed by atoms with van der Waals surface area (Å²) in [5, 5.41) is 12.9. The van der Waals surface area contributed by atoms with E-state index in [-0.39, 0.29) is 36.7 Å². The summed E-state index contributed by atoms with van der Waals surface area (Å²) in [5.74, 6) is -0.153. The van der Waals surface area contributed by atoms with Crippen LogP contribution in [0, 0.1) is 0 Å². The van der Waals surface area contributed by atoms with Gasteiger partial charge in [-0.25, -0.2) is 0 Å². The van der Waals surface area contributed by atoms with Gasteiger partial charge in [-0.05, 0) is 49.9 Å². The van der Waals surface area contributed by atoms with Crippen LogP contribution in [0.15, 0.2) is 24.3 Å². The Morgan fingerprint density at radius 1 is 1.10 bits per heavy atom. The van der Waals surface area contributed by atoms with E-state index >= 15 is 0 Å². The molecule has 1 aromatic rings. The van der Waals surface area contributed by atoms with E-state index in [0.717, 1.165) is 25.7 Å². The van der Waals surface area contributed by atoms with Crippen molar-refractivity contribution in [1.82, 2.24) is 5.32 Å². The minimum absolute atomic E-state index is 0.0547. The molecular formula is C16H20ClNO3. The number of aliphatic hydroxyl groups excluding tert-OH is 1. The molecule has 1 aliphatic carbocycles. The lowest BCUT2D eigenvalue weighted by atomic mass is 9.93. The molecule has 4 nitrogen and oxygen atoms in total. The maximum atomic E-state index is 11.9. The van der Waals surface area contributed by atoms with Crippen LogP contribution in [0.25, 0.3) is 0 Å². The summed E-state index contributed by atoms with van der Waals surface area (Å²) in [4.78, 5) is 23.8. The maximum Gasteiger partial charge on any atom is 0.220 e. The van der Waals surface area contributed by atoms with Gasteiger partial charge in [0.1, 0.15) is 0 Å². The van der Waals surface area contributed by atoms with Crippen LogP contribution >= 0.6 is 11.6 Å². The van der Waals surface area contributed by atoms with E-state index < -0.39 is 0 Å². The molecule has 21 heavy (non-hydrogen) atoms. The highest BCUT2D eigenvalue weighted by molar-refractivity contribution is 6.30. The fourth-order valence-electron chi connectivity index (χ4n) is 2.53. The predicted octanol–water partition coefficient (Wildman–Crippen LogP) is 2.72. The lowest BCUT2D eigenvalue weighted by Crippen LogP contribution is -2.38. The number of hydrogen-bond acceptors (Lipinski definition) is 3. The zero-order valence-corrected chi connectivity index (χ0v) is 12.6. The standard InChI is InChI=1S/C16H20ClNO3/c17-12-3-1-11(2-4-12)15(20)9-10-16(21)18-13-5-7-14(19)8-6-13/h1-4,13-14,19H,5-10H2,(H,18,21). The third-order valence-electron chi connectivity index (χ3n) is 3.81. The van der Waals surface area contributed by atoms with E-state index in [1.54, 1.807) is 24.3 Å². The van der Waals surface area contributed by atoms with Gasteiger partial charge in [-0.3, -0.25) is 9.59 Å². The van der Waals surface area contributed by atoms with Crippen LogP contribution in [-0.2, 0) is 4.79 Å². The Labute approximate surface area is 129 Å². The van der Waals surface area contributed by atoms with Gasteiger partial charge in [-0.1, -0.05) is 11.6 Å². The van der Waals surface area contributed by atoms with Gasteiger partial charge in [-0.15, -0.1) is 0 Å². The van der Waals surface area contributed by atoms with E-state index in [0.29, 0.717) is 10.6 Å². The minimum atomic E-state index is -0.232. The van der Waals surface area contributed by atoms with Crippen LogP contribution in [0.1, 0.15) is 48.9 Å². The van der Waals surface area contributed by atoms with Crippen molar-refractivity contribution in [3.05, 3.63) is 34.9 Å². The number of amides is 1. The number of carbonyl (C=O) groups excluding carboxylic acids is 2. The number of nitrogens with one attached hydrogen (secondary N) is 1. The molecule has 0 heterocycles. The van der Waals surface area contributed by atoms with Gasteiger partial charge in [0.15, 0.2) is 5.78 Å². The summed E-state index contributed by atoms with van der Waals surface area (Å²) in [7, 11) is 0. The van der Waals surface area contributed by atoms with E-state index in [4.69, 9.17) is 11.6 Å². The molecule has 1 aromatic carbocycles. The Morgan fingerprint density at radius 3 is 2.33 bits per heavy atom. The molecule has 0 bridgehead atoms. The second kappa shape index (κ2) is 7.57. The van der Waals surface area contributed by atoms with Crippen molar-refractivity contribution < 1.29 is 14.7 Å². The summed E-state index contributed by atoms with van der Waals surface area (Å²) in [5.41, 5.74) is 0.577. The van der Waals surface area contributed by atoms with Crippen LogP contribution in [-0.4, -0.2) is 28.9 Å². The van der Waals surface area contributed by atoms with Crippen molar-refractivity contribution in [2.45, 2.75) is 50.7 Å². The van der Waals surface area contributed by atoms with E-state index in [1.165, 1.54) is 0 Å². The number of hydrogen-bond donors (Lipinski definition) is 2. The van der Waals surface area contributed by atoms with Gasteiger partial charge < -0.3 is 10.4 Å². The smallest absolute Gasteiger partial charge is 0.220 e. The molecule has 0 unspecified atom stereocenters. The zero-order valence-electron chi connectivity index (χ0n) is 11.8. The SMILES string of the molecule is O=C(CCC(=O)c1ccc(Cl)cc1)NC1CCC(O)CC1. The highest BCUT2D eigenvalue weighted by Gasteiger charge is 2.20. The van der Waals surface area contributed by atoms with Gasteiger partial charge in [0, 0.05) is 29.5 Å². The Hall–Kier alpha value is -1.39. The molecule has 1 amide bonds. The molecule has 0 atom stereocenters. The topological polar surface area (TPSA) is 66.4 Å². The summed E-state index contributed by atoms with van der Waals surface area (Å²) in [6.45, 7) is 0. The first kappa shape index (κ1) is 16.0. The van der Waals surface area contributed by atoms with Crippen molar-refractivity contribution in [2.24, 2.45) is 0 Å². The number of aliphatic hydroxyl groups is 1. The van der Waals surface area contributed by atoms with Crippen molar-refractivity contribution >= 4 is 23.3 Å².